The van der Waals surface area contributed by atoms with Crippen molar-refractivity contribution in [2.45, 2.75) is 62.6 Å². The maximum absolute atomic E-state index is 16.4. The number of nitrogens with zero attached hydrogens (tertiary/aromatic N) is 6. The molecule has 3 fully saturated rings. The van der Waals surface area contributed by atoms with Gasteiger partial charge in [-0.25, -0.2) is 8.78 Å². The van der Waals surface area contributed by atoms with E-state index in [2.05, 4.69) is 26.4 Å². The fourth-order valence-corrected chi connectivity index (χ4v) is 7.51. The molecule has 3 saturated heterocycles. The highest BCUT2D eigenvalue weighted by molar-refractivity contribution is 6.31. The Labute approximate surface area is 261 Å². The second-order valence-corrected chi connectivity index (χ2v) is 12.4. The molecule has 6 rings (SSSR count). The zero-order chi connectivity index (χ0) is 32.3. The van der Waals surface area contributed by atoms with E-state index in [1.807, 2.05) is 6.92 Å². The van der Waals surface area contributed by atoms with E-state index in [0.29, 0.717) is 19.5 Å². The molecule has 0 bridgehead atoms. The maximum atomic E-state index is 16.4. The molecule has 1 amide bonds. The number of anilines is 1. The Bertz CT molecular complexity index is 1660. The molecule has 3 aliphatic rings. The van der Waals surface area contributed by atoms with Gasteiger partial charge in [0.15, 0.2) is 5.82 Å². The lowest BCUT2D eigenvalue weighted by Crippen LogP contribution is -2.44. The molecular formula is C31H32ClF5N6O2. The molecule has 0 unspecified atom stereocenters. The number of alkyl halides is 4. The van der Waals surface area contributed by atoms with E-state index in [9.17, 15) is 22.4 Å². The van der Waals surface area contributed by atoms with Gasteiger partial charge in [0.05, 0.1) is 27.6 Å². The van der Waals surface area contributed by atoms with Crippen LogP contribution in [-0.2, 0) is 11.0 Å². The molecule has 14 heteroatoms. The highest BCUT2D eigenvalue weighted by Gasteiger charge is 2.49. The zero-order valence-electron chi connectivity index (χ0n) is 24.8. The van der Waals surface area contributed by atoms with Crippen molar-refractivity contribution >= 4 is 34.2 Å². The number of benzene rings is 1. The predicted molar refractivity (Wildman–Crippen MR) is 159 cm³/mol. The number of amides is 1. The van der Waals surface area contributed by atoms with Crippen molar-refractivity contribution in [3.63, 3.8) is 0 Å². The molecule has 8 nitrogen and oxygen atoms in total. The standard InChI is InChI=1S/C31H32ClF5N6O2/c1-4-23(44)43-12-9-22(17(43)2)41(3)28-20-14-38-26(19-7-5-8-21(32)24(19)31(35,36)37)25(34)27(20)39-29(40-28)45-16-30-10-6-11-42(30)15-18(33)13-30/h4-5,7-8,14,17-18,22H,1,6,9-13,15-16H2,2-3H3/t17-,18-,22-,30+/m1/s1. The Morgan fingerprint density at radius 3 is 2.80 bits per heavy atom. The topological polar surface area (TPSA) is 74.7 Å². The van der Waals surface area contributed by atoms with Crippen molar-refractivity contribution in [2.24, 2.45) is 0 Å². The number of carbonyl (C=O) groups is 1. The van der Waals surface area contributed by atoms with Gasteiger partial charge in [-0.05, 0) is 44.9 Å². The van der Waals surface area contributed by atoms with E-state index in [0.717, 1.165) is 31.5 Å². The quantitative estimate of drug-likeness (QED) is 0.227. The van der Waals surface area contributed by atoms with Crippen molar-refractivity contribution in [2.75, 3.05) is 38.2 Å². The zero-order valence-corrected chi connectivity index (χ0v) is 25.5. The second-order valence-electron chi connectivity index (χ2n) is 12.0. The summed E-state index contributed by atoms with van der Waals surface area (Å²) in [4.78, 5) is 31.0. The number of aromatic nitrogens is 3. The van der Waals surface area contributed by atoms with Gasteiger partial charge < -0.3 is 14.5 Å². The van der Waals surface area contributed by atoms with Gasteiger partial charge >= 0.3 is 12.2 Å². The third kappa shape index (κ3) is 5.47. The Kier molecular flexibility index (Phi) is 8.13. The lowest BCUT2D eigenvalue weighted by molar-refractivity contribution is -0.137. The smallest absolute Gasteiger partial charge is 0.418 e. The van der Waals surface area contributed by atoms with Crippen LogP contribution in [-0.4, -0.2) is 87.7 Å². The molecular weight excluding hydrogens is 619 g/mol. The highest BCUT2D eigenvalue weighted by atomic mass is 35.5. The van der Waals surface area contributed by atoms with Crippen molar-refractivity contribution in [1.29, 1.82) is 0 Å². The Morgan fingerprint density at radius 1 is 1.29 bits per heavy atom. The van der Waals surface area contributed by atoms with Gasteiger partial charge in [-0.2, -0.15) is 23.1 Å². The van der Waals surface area contributed by atoms with E-state index in [1.165, 1.54) is 18.3 Å². The molecule has 1 aromatic carbocycles. The first-order chi connectivity index (χ1) is 21.3. The molecule has 3 aliphatic heterocycles. The first-order valence-corrected chi connectivity index (χ1v) is 15.1. The van der Waals surface area contributed by atoms with Crippen molar-refractivity contribution < 1.29 is 31.5 Å². The minimum absolute atomic E-state index is 0.0651. The number of rotatable bonds is 7. The summed E-state index contributed by atoms with van der Waals surface area (Å²) in [5.41, 5.74) is -3.16. The van der Waals surface area contributed by atoms with Crippen LogP contribution in [0.3, 0.4) is 0 Å². The normalized spacial score (nSPS) is 25.2. The Hall–Kier alpha value is -3.58. The number of halogens is 6. The van der Waals surface area contributed by atoms with Crippen molar-refractivity contribution in [1.82, 2.24) is 24.8 Å². The van der Waals surface area contributed by atoms with Gasteiger partial charge in [-0.3, -0.25) is 14.7 Å². The monoisotopic (exact) mass is 650 g/mol. The van der Waals surface area contributed by atoms with Crippen LogP contribution in [0.15, 0.2) is 37.1 Å². The van der Waals surface area contributed by atoms with E-state index < -0.39 is 45.5 Å². The number of hydrogen-bond donors (Lipinski definition) is 0. The van der Waals surface area contributed by atoms with E-state index in [1.54, 1.807) is 16.8 Å². The van der Waals surface area contributed by atoms with Crippen LogP contribution in [0.5, 0.6) is 6.01 Å². The Morgan fingerprint density at radius 2 is 2.07 bits per heavy atom. The number of fused-ring (bicyclic) bond motifs is 2. The van der Waals surface area contributed by atoms with Crippen LogP contribution >= 0.6 is 11.6 Å². The summed E-state index contributed by atoms with van der Waals surface area (Å²) in [6, 6.07) is 2.75. The predicted octanol–water partition coefficient (Wildman–Crippen LogP) is 6.07. The second kappa shape index (κ2) is 11.7. The van der Waals surface area contributed by atoms with Crippen molar-refractivity contribution in [3.05, 3.63) is 53.5 Å². The molecule has 0 saturated carbocycles. The number of ether oxygens (including phenoxy) is 1. The fourth-order valence-electron chi connectivity index (χ4n) is 7.23. The summed E-state index contributed by atoms with van der Waals surface area (Å²) < 4.78 is 79.0. The lowest BCUT2D eigenvalue weighted by Gasteiger charge is -2.32. The van der Waals surface area contributed by atoms with Crippen LogP contribution in [0.2, 0.25) is 5.02 Å². The van der Waals surface area contributed by atoms with E-state index in [4.69, 9.17) is 16.3 Å². The lowest BCUT2D eigenvalue weighted by atomic mass is 9.95. The highest BCUT2D eigenvalue weighted by Crippen LogP contribution is 2.44. The molecule has 5 heterocycles. The van der Waals surface area contributed by atoms with Crippen LogP contribution in [0.1, 0.15) is 38.2 Å². The van der Waals surface area contributed by atoms with Gasteiger partial charge in [0, 0.05) is 44.4 Å². The van der Waals surface area contributed by atoms with E-state index >= 15 is 4.39 Å². The molecule has 2 aromatic heterocycles. The Balaban J connectivity index is 1.46. The average molecular weight is 651 g/mol. The number of pyridine rings is 1. The third-order valence-electron chi connectivity index (χ3n) is 9.43. The third-order valence-corrected chi connectivity index (χ3v) is 9.75. The van der Waals surface area contributed by atoms with Crippen LogP contribution in [0, 0.1) is 5.82 Å². The molecule has 3 aromatic rings. The molecule has 0 spiro atoms. The molecule has 0 N–H and O–H groups in total. The molecule has 4 atom stereocenters. The summed E-state index contributed by atoms with van der Waals surface area (Å²) in [7, 11) is 1.74. The van der Waals surface area contributed by atoms with Crippen LogP contribution in [0.25, 0.3) is 22.2 Å². The number of likely N-dealkylation sites (tertiary alicyclic amines) is 1. The fraction of sp³-hybridized carbons (Fsp3) is 0.484. The minimum atomic E-state index is -4.88. The van der Waals surface area contributed by atoms with Crippen LogP contribution in [0.4, 0.5) is 27.8 Å². The number of likely N-dealkylation sites (N-methyl/N-ethyl adjacent to an activating group) is 1. The largest absolute Gasteiger partial charge is 0.461 e. The average Bonchev–Trinajstić information content (AvgIpc) is 3.66. The molecule has 45 heavy (non-hydrogen) atoms. The van der Waals surface area contributed by atoms with Crippen molar-refractivity contribution in [3.8, 4) is 17.3 Å². The SMILES string of the molecule is C=CC(=O)N1CC[C@@H](N(C)c2nc(OC[C@@]34CCCN3C[C@H](F)C4)nc3c(F)c(-c4cccc(Cl)c4C(F)(F)F)ncc23)[C@H]1C. The first kappa shape index (κ1) is 31.4. The molecule has 0 radical (unpaired) electrons. The van der Waals surface area contributed by atoms with Gasteiger partial charge in [0.1, 0.15) is 29.8 Å². The minimum Gasteiger partial charge on any atom is -0.461 e. The summed E-state index contributed by atoms with van der Waals surface area (Å²) >= 11 is 5.93. The summed E-state index contributed by atoms with van der Waals surface area (Å²) in [5.74, 6) is -1.09. The number of carbonyl (C=O) groups excluding carboxylic acids is 1. The van der Waals surface area contributed by atoms with Gasteiger partial charge in [0.2, 0.25) is 5.91 Å². The maximum Gasteiger partial charge on any atom is 0.418 e. The summed E-state index contributed by atoms with van der Waals surface area (Å²) in [6.07, 6.45) is -0.934. The van der Waals surface area contributed by atoms with E-state index in [-0.39, 0.29) is 53.7 Å². The van der Waals surface area contributed by atoms with Crippen LogP contribution < -0.4 is 9.64 Å². The summed E-state index contributed by atoms with van der Waals surface area (Å²) in [6.45, 7) is 7.02. The number of hydrogen-bond acceptors (Lipinski definition) is 7. The first-order valence-electron chi connectivity index (χ1n) is 14.7. The van der Waals surface area contributed by atoms with Gasteiger partial charge in [-0.1, -0.05) is 30.3 Å². The molecule has 240 valence electrons. The molecule has 0 aliphatic carbocycles. The van der Waals surface area contributed by atoms with Gasteiger partial charge in [0.25, 0.3) is 0 Å². The van der Waals surface area contributed by atoms with Gasteiger partial charge in [-0.15, -0.1) is 0 Å². The summed E-state index contributed by atoms with van der Waals surface area (Å²) in [5, 5.41) is -0.446.